The minimum Gasteiger partial charge on any atom is -0.353 e. The first-order valence-corrected chi connectivity index (χ1v) is 9.34. The lowest BCUT2D eigenvalue weighted by molar-refractivity contribution is -0.122. The number of carbonyl (C=O) groups is 1. The highest BCUT2D eigenvalue weighted by atomic mass is 16.1. The smallest absolute Gasteiger partial charge is 0.224 e. The maximum atomic E-state index is 12.4. The van der Waals surface area contributed by atoms with Crippen molar-refractivity contribution in [3.8, 4) is 0 Å². The average Bonchev–Trinajstić information content (AvgIpc) is 2.48. The molecule has 2 unspecified atom stereocenters. The first kappa shape index (κ1) is 19.0. The molecule has 0 aromatic carbocycles. The van der Waals surface area contributed by atoms with Crippen LogP contribution in [-0.4, -0.2) is 16.9 Å². The third kappa shape index (κ3) is 3.99. The lowest BCUT2D eigenvalue weighted by Crippen LogP contribution is -2.51. The summed E-state index contributed by atoms with van der Waals surface area (Å²) in [6, 6.07) is 4.12. The highest BCUT2D eigenvalue weighted by Gasteiger charge is 2.48. The van der Waals surface area contributed by atoms with Crippen LogP contribution < -0.4 is 5.32 Å². The van der Waals surface area contributed by atoms with Crippen molar-refractivity contribution in [2.45, 2.75) is 73.3 Å². The van der Waals surface area contributed by atoms with E-state index in [0.717, 1.165) is 12.0 Å². The lowest BCUT2D eigenvalue weighted by atomic mass is 9.52. The zero-order chi connectivity index (χ0) is 18.0. The van der Waals surface area contributed by atoms with Gasteiger partial charge in [0.25, 0.3) is 0 Å². The molecule has 1 amide bonds. The molecule has 1 fully saturated rings. The summed E-state index contributed by atoms with van der Waals surface area (Å²) in [6.45, 7) is 14.2. The van der Waals surface area contributed by atoms with Crippen LogP contribution >= 0.6 is 0 Å². The number of carbonyl (C=O) groups excluding carboxylic acids is 1. The third-order valence-corrected chi connectivity index (χ3v) is 6.33. The van der Waals surface area contributed by atoms with E-state index in [1.807, 2.05) is 12.1 Å². The Morgan fingerprint density at radius 3 is 2.46 bits per heavy atom. The zero-order valence-electron chi connectivity index (χ0n) is 16.2. The van der Waals surface area contributed by atoms with E-state index in [4.69, 9.17) is 0 Å². The van der Waals surface area contributed by atoms with E-state index in [-0.39, 0.29) is 5.91 Å². The number of hydrogen-bond acceptors (Lipinski definition) is 2. The Morgan fingerprint density at radius 2 is 1.96 bits per heavy atom. The number of pyridine rings is 1. The van der Waals surface area contributed by atoms with Crippen LogP contribution in [0.1, 0.15) is 66.4 Å². The number of hydrogen-bond donors (Lipinski definition) is 1. The number of nitrogens with one attached hydrogen (secondary N) is 1. The molecule has 1 aliphatic carbocycles. The summed E-state index contributed by atoms with van der Waals surface area (Å²) in [6.07, 6.45) is 7.39. The van der Waals surface area contributed by atoms with Gasteiger partial charge in [0, 0.05) is 18.4 Å². The Labute approximate surface area is 147 Å². The van der Waals surface area contributed by atoms with Gasteiger partial charge in [-0.25, -0.2) is 0 Å². The summed E-state index contributed by atoms with van der Waals surface area (Å²) < 4.78 is 0. The molecule has 3 heteroatoms. The van der Waals surface area contributed by atoms with Gasteiger partial charge < -0.3 is 5.32 Å². The molecule has 1 aromatic heterocycles. The Morgan fingerprint density at radius 1 is 1.33 bits per heavy atom. The molecule has 3 atom stereocenters. The Balaban J connectivity index is 1.99. The number of nitrogens with zero attached hydrogens (tertiary/aromatic N) is 1. The molecule has 0 aliphatic heterocycles. The first-order chi connectivity index (χ1) is 11.2. The van der Waals surface area contributed by atoms with E-state index in [1.54, 1.807) is 12.4 Å². The molecule has 1 heterocycles. The summed E-state index contributed by atoms with van der Waals surface area (Å²) in [5.74, 6) is 1.31. The Bertz CT molecular complexity index is 547. The molecule has 1 aliphatic rings. The van der Waals surface area contributed by atoms with E-state index < -0.39 is 0 Å². The van der Waals surface area contributed by atoms with Crippen LogP contribution in [0.4, 0.5) is 0 Å². The topological polar surface area (TPSA) is 42.0 Å². The van der Waals surface area contributed by atoms with E-state index in [9.17, 15) is 4.79 Å². The van der Waals surface area contributed by atoms with Crippen LogP contribution in [0.15, 0.2) is 24.5 Å². The molecule has 3 nitrogen and oxygen atoms in total. The largest absolute Gasteiger partial charge is 0.353 e. The highest BCUT2D eigenvalue weighted by molar-refractivity contribution is 5.78. The van der Waals surface area contributed by atoms with E-state index in [0.29, 0.717) is 35.1 Å². The van der Waals surface area contributed by atoms with Crippen LogP contribution in [-0.2, 0) is 11.2 Å². The average molecular weight is 331 g/mol. The summed E-state index contributed by atoms with van der Waals surface area (Å²) in [7, 11) is 0. The van der Waals surface area contributed by atoms with Crippen LogP contribution in [0.2, 0.25) is 0 Å². The van der Waals surface area contributed by atoms with Crippen LogP contribution in [0.3, 0.4) is 0 Å². The van der Waals surface area contributed by atoms with E-state index >= 15 is 0 Å². The van der Waals surface area contributed by atoms with Gasteiger partial charge in [0.2, 0.25) is 5.91 Å². The van der Waals surface area contributed by atoms with Crippen molar-refractivity contribution in [2.75, 3.05) is 0 Å². The van der Waals surface area contributed by atoms with Gasteiger partial charge in [0.05, 0.1) is 6.42 Å². The first-order valence-electron chi connectivity index (χ1n) is 9.34. The monoisotopic (exact) mass is 330 g/mol. The molecule has 1 aromatic rings. The minimum absolute atomic E-state index is 0.130. The van der Waals surface area contributed by atoms with Crippen molar-refractivity contribution in [2.24, 2.45) is 22.7 Å². The van der Waals surface area contributed by atoms with Crippen molar-refractivity contribution >= 4 is 5.91 Å². The quantitative estimate of drug-likeness (QED) is 0.875. The Kier molecular flexibility index (Phi) is 5.72. The van der Waals surface area contributed by atoms with Crippen molar-refractivity contribution in [1.82, 2.24) is 10.3 Å². The van der Waals surface area contributed by atoms with Gasteiger partial charge in [-0.1, -0.05) is 41.5 Å². The van der Waals surface area contributed by atoms with Crippen LogP contribution in [0.5, 0.6) is 0 Å². The van der Waals surface area contributed by atoms with Gasteiger partial charge >= 0.3 is 0 Å². The maximum Gasteiger partial charge on any atom is 0.224 e. The lowest BCUT2D eigenvalue weighted by Gasteiger charge is -2.54. The predicted molar refractivity (Wildman–Crippen MR) is 99.6 cm³/mol. The maximum absolute atomic E-state index is 12.4. The fourth-order valence-electron chi connectivity index (χ4n) is 4.75. The second kappa shape index (κ2) is 7.25. The zero-order valence-corrected chi connectivity index (χ0v) is 16.2. The number of amides is 1. The second-order valence-corrected chi connectivity index (χ2v) is 8.99. The molecule has 134 valence electrons. The fourth-order valence-corrected chi connectivity index (χ4v) is 4.75. The summed E-state index contributed by atoms with van der Waals surface area (Å²) in [5.41, 5.74) is 1.68. The van der Waals surface area contributed by atoms with Crippen molar-refractivity contribution in [1.29, 1.82) is 0 Å². The van der Waals surface area contributed by atoms with E-state index in [2.05, 4.69) is 51.8 Å². The minimum atomic E-state index is 0.130. The molecular weight excluding hydrogens is 296 g/mol. The molecule has 0 spiro atoms. The van der Waals surface area contributed by atoms with E-state index in [1.165, 1.54) is 12.8 Å². The van der Waals surface area contributed by atoms with Gasteiger partial charge in [-0.15, -0.1) is 0 Å². The number of aromatic nitrogens is 1. The SMILES string of the molecule is CC(C)C1(C(C)(C)C)CCC(NC(=O)Cc2ccncc2)[C@H](C)C1. The van der Waals surface area contributed by atoms with Gasteiger partial charge in [-0.05, 0) is 59.6 Å². The van der Waals surface area contributed by atoms with Gasteiger partial charge in [0.15, 0.2) is 0 Å². The second-order valence-electron chi connectivity index (χ2n) is 8.99. The number of rotatable bonds is 4. The molecule has 1 saturated carbocycles. The Hall–Kier alpha value is -1.38. The van der Waals surface area contributed by atoms with Crippen molar-refractivity contribution in [3.63, 3.8) is 0 Å². The normalized spacial score (nSPS) is 28.0. The summed E-state index contributed by atoms with van der Waals surface area (Å²) in [4.78, 5) is 16.4. The van der Waals surface area contributed by atoms with Gasteiger partial charge in [-0.2, -0.15) is 0 Å². The van der Waals surface area contributed by atoms with Crippen LogP contribution in [0.25, 0.3) is 0 Å². The fraction of sp³-hybridized carbons (Fsp3) is 0.714. The van der Waals surface area contributed by atoms with Crippen LogP contribution in [0, 0.1) is 22.7 Å². The molecular formula is C21H34N2O. The van der Waals surface area contributed by atoms with Gasteiger partial charge in [0.1, 0.15) is 0 Å². The molecule has 2 rings (SSSR count). The standard InChI is InChI=1S/C21H34N2O/c1-15(2)21(20(4,5)6)10-7-18(16(3)14-21)23-19(24)13-17-8-11-22-12-9-17/h8-9,11-12,15-16,18H,7,10,13-14H2,1-6H3,(H,23,24)/t16-,18?,21?/m1/s1. The molecule has 24 heavy (non-hydrogen) atoms. The van der Waals surface area contributed by atoms with Crippen molar-refractivity contribution < 1.29 is 4.79 Å². The molecule has 0 radical (unpaired) electrons. The van der Waals surface area contributed by atoms with Gasteiger partial charge in [-0.3, -0.25) is 9.78 Å². The van der Waals surface area contributed by atoms with Crippen molar-refractivity contribution in [3.05, 3.63) is 30.1 Å². The third-order valence-electron chi connectivity index (χ3n) is 6.33. The molecule has 0 bridgehead atoms. The summed E-state index contributed by atoms with van der Waals surface area (Å²) in [5, 5.41) is 3.29. The summed E-state index contributed by atoms with van der Waals surface area (Å²) >= 11 is 0. The molecule has 1 N–H and O–H groups in total. The highest BCUT2D eigenvalue weighted by Crippen LogP contribution is 2.55. The molecule has 0 saturated heterocycles. The predicted octanol–water partition coefficient (Wildman–Crippen LogP) is 4.62.